The summed E-state index contributed by atoms with van der Waals surface area (Å²) in [7, 11) is 3.16. The van der Waals surface area contributed by atoms with Crippen molar-refractivity contribution in [2.24, 2.45) is 11.3 Å². The van der Waals surface area contributed by atoms with Crippen LogP contribution >= 0.6 is 0 Å². The number of hydroxylamine groups is 2. The van der Waals surface area contributed by atoms with Crippen molar-refractivity contribution in [2.45, 2.75) is 58.5 Å². The maximum Gasteiger partial charge on any atom is 0.410 e. The van der Waals surface area contributed by atoms with Gasteiger partial charge in [0.25, 0.3) is 0 Å². The third-order valence-corrected chi connectivity index (χ3v) is 5.01. The summed E-state index contributed by atoms with van der Waals surface area (Å²) in [5.41, 5.74) is -0.114. The molecular formula is C17H30N2O4. The summed E-state index contributed by atoms with van der Waals surface area (Å²) in [6.07, 6.45) is 4.53. The highest BCUT2D eigenvalue weighted by Gasteiger charge is 2.47. The average Bonchev–Trinajstić information content (AvgIpc) is 2.43. The lowest BCUT2D eigenvalue weighted by Crippen LogP contribution is -2.50. The van der Waals surface area contributed by atoms with Crippen molar-refractivity contribution in [3.63, 3.8) is 0 Å². The molecule has 6 nitrogen and oxygen atoms in total. The van der Waals surface area contributed by atoms with Gasteiger partial charge in [-0.25, -0.2) is 9.86 Å². The zero-order valence-electron chi connectivity index (χ0n) is 15.1. The summed E-state index contributed by atoms with van der Waals surface area (Å²) < 4.78 is 5.43. The van der Waals surface area contributed by atoms with Crippen LogP contribution in [0.25, 0.3) is 0 Å². The second kappa shape index (κ2) is 6.67. The zero-order valence-corrected chi connectivity index (χ0v) is 15.1. The summed E-state index contributed by atoms with van der Waals surface area (Å²) in [6.45, 7) is 7.18. The maximum absolute atomic E-state index is 12.1. The molecule has 0 bridgehead atoms. The summed E-state index contributed by atoms with van der Waals surface area (Å²) in [5.74, 6) is 0.492. The molecule has 23 heavy (non-hydrogen) atoms. The largest absolute Gasteiger partial charge is 0.444 e. The summed E-state index contributed by atoms with van der Waals surface area (Å²) >= 11 is 0. The van der Waals surface area contributed by atoms with Crippen LogP contribution in [0.2, 0.25) is 0 Å². The molecule has 0 aromatic rings. The fourth-order valence-corrected chi connectivity index (χ4v) is 3.68. The van der Waals surface area contributed by atoms with E-state index >= 15 is 0 Å². The van der Waals surface area contributed by atoms with Gasteiger partial charge in [0.05, 0.1) is 7.11 Å². The van der Waals surface area contributed by atoms with Gasteiger partial charge in [0, 0.05) is 26.6 Å². The molecule has 0 unspecified atom stereocenters. The SMILES string of the molecule is CON(C)C(=O)CC1CC2(CCN(C(=O)OC(C)(C)C)CC2)C1. The quantitative estimate of drug-likeness (QED) is 0.748. The lowest BCUT2D eigenvalue weighted by Gasteiger charge is -2.52. The summed E-state index contributed by atoms with van der Waals surface area (Å²) in [5, 5.41) is 1.30. The molecule has 1 aliphatic heterocycles. The highest BCUT2D eigenvalue weighted by atomic mass is 16.7. The Labute approximate surface area is 139 Å². The van der Waals surface area contributed by atoms with Crippen LogP contribution in [0.5, 0.6) is 0 Å². The first-order chi connectivity index (χ1) is 10.6. The van der Waals surface area contributed by atoms with Gasteiger partial charge >= 0.3 is 6.09 Å². The highest BCUT2D eigenvalue weighted by Crippen LogP contribution is 2.53. The molecule has 6 heteroatoms. The van der Waals surface area contributed by atoms with Gasteiger partial charge in [0.1, 0.15) is 5.60 Å². The van der Waals surface area contributed by atoms with Crippen LogP contribution in [0.3, 0.4) is 0 Å². The zero-order chi connectivity index (χ0) is 17.3. The van der Waals surface area contributed by atoms with Crippen molar-refractivity contribution >= 4 is 12.0 Å². The number of likely N-dealkylation sites (tertiary alicyclic amines) is 1. The summed E-state index contributed by atoms with van der Waals surface area (Å²) in [4.78, 5) is 30.7. The van der Waals surface area contributed by atoms with Gasteiger partial charge in [-0.05, 0) is 57.8 Å². The molecule has 0 aromatic carbocycles. The van der Waals surface area contributed by atoms with Crippen LogP contribution in [-0.2, 0) is 14.4 Å². The van der Waals surface area contributed by atoms with Gasteiger partial charge in [0.15, 0.2) is 0 Å². The molecule has 1 heterocycles. The molecule has 1 saturated carbocycles. The Morgan fingerprint density at radius 1 is 1.22 bits per heavy atom. The minimum atomic E-state index is -0.443. The van der Waals surface area contributed by atoms with Crippen LogP contribution in [-0.4, -0.2) is 54.8 Å². The molecule has 1 spiro atoms. The molecule has 0 radical (unpaired) electrons. The minimum Gasteiger partial charge on any atom is -0.444 e. The number of rotatable bonds is 3. The minimum absolute atomic E-state index is 0.0403. The van der Waals surface area contributed by atoms with Gasteiger partial charge in [-0.2, -0.15) is 0 Å². The van der Waals surface area contributed by atoms with Crippen LogP contribution < -0.4 is 0 Å². The van der Waals surface area contributed by atoms with E-state index in [4.69, 9.17) is 9.57 Å². The first-order valence-electron chi connectivity index (χ1n) is 8.43. The van der Waals surface area contributed by atoms with Gasteiger partial charge in [-0.15, -0.1) is 0 Å². The number of ether oxygens (including phenoxy) is 1. The molecular weight excluding hydrogens is 296 g/mol. The third kappa shape index (κ3) is 4.59. The van der Waals surface area contributed by atoms with E-state index in [1.54, 1.807) is 7.05 Å². The Bertz CT molecular complexity index is 442. The van der Waals surface area contributed by atoms with Gasteiger partial charge < -0.3 is 9.64 Å². The van der Waals surface area contributed by atoms with Crippen molar-refractivity contribution in [2.75, 3.05) is 27.2 Å². The monoisotopic (exact) mass is 326 g/mol. The number of piperidine rings is 1. The smallest absolute Gasteiger partial charge is 0.410 e. The van der Waals surface area contributed by atoms with Crippen molar-refractivity contribution in [3.05, 3.63) is 0 Å². The standard InChI is InChI=1S/C17H30N2O4/c1-16(2,3)23-15(21)19-8-6-17(7-9-19)11-13(12-17)10-14(20)18(4)22-5/h13H,6-12H2,1-5H3. The molecule has 132 valence electrons. The normalized spacial score (nSPS) is 21.0. The van der Waals surface area contributed by atoms with Crippen molar-refractivity contribution in [3.8, 4) is 0 Å². The molecule has 2 amide bonds. The predicted octanol–water partition coefficient (Wildman–Crippen LogP) is 2.82. The van der Waals surface area contributed by atoms with E-state index in [1.165, 1.54) is 12.2 Å². The number of nitrogens with zero attached hydrogens (tertiary/aromatic N) is 2. The number of hydrogen-bond acceptors (Lipinski definition) is 4. The number of hydrogen-bond donors (Lipinski definition) is 0. The van der Waals surface area contributed by atoms with E-state index in [0.29, 0.717) is 17.8 Å². The number of carbonyl (C=O) groups excluding carboxylic acids is 2. The topological polar surface area (TPSA) is 59.1 Å². The Morgan fingerprint density at radius 3 is 2.26 bits per heavy atom. The van der Waals surface area contributed by atoms with E-state index in [9.17, 15) is 9.59 Å². The molecule has 0 N–H and O–H groups in total. The molecule has 0 aromatic heterocycles. The van der Waals surface area contributed by atoms with Crippen LogP contribution in [0, 0.1) is 11.3 Å². The van der Waals surface area contributed by atoms with Crippen molar-refractivity contribution < 1.29 is 19.2 Å². The Hall–Kier alpha value is -1.30. The fraction of sp³-hybridized carbons (Fsp3) is 0.882. The molecule has 0 atom stereocenters. The molecule has 2 fully saturated rings. The second-order valence-corrected chi connectivity index (χ2v) is 8.02. The number of amides is 2. The van der Waals surface area contributed by atoms with E-state index < -0.39 is 5.60 Å². The maximum atomic E-state index is 12.1. The van der Waals surface area contributed by atoms with Gasteiger partial charge in [0.2, 0.25) is 5.91 Å². The highest BCUT2D eigenvalue weighted by molar-refractivity contribution is 5.75. The van der Waals surface area contributed by atoms with Crippen molar-refractivity contribution in [1.82, 2.24) is 9.96 Å². The third-order valence-electron chi connectivity index (χ3n) is 5.01. The van der Waals surface area contributed by atoms with E-state index in [0.717, 1.165) is 38.8 Å². The van der Waals surface area contributed by atoms with Gasteiger partial charge in [-0.1, -0.05) is 0 Å². The van der Waals surface area contributed by atoms with Crippen molar-refractivity contribution in [1.29, 1.82) is 0 Å². The lowest BCUT2D eigenvalue weighted by atomic mass is 9.57. The van der Waals surface area contributed by atoms with Crippen LogP contribution in [0.4, 0.5) is 4.79 Å². The van der Waals surface area contributed by atoms with Crippen LogP contribution in [0.1, 0.15) is 52.9 Å². The second-order valence-electron chi connectivity index (χ2n) is 8.02. The number of carbonyl (C=O) groups is 2. The Morgan fingerprint density at radius 2 is 1.78 bits per heavy atom. The first-order valence-corrected chi connectivity index (χ1v) is 8.43. The molecule has 1 aliphatic carbocycles. The molecule has 1 saturated heterocycles. The van der Waals surface area contributed by atoms with E-state index in [2.05, 4.69) is 0 Å². The lowest BCUT2D eigenvalue weighted by molar-refractivity contribution is -0.171. The predicted molar refractivity (Wildman–Crippen MR) is 86.6 cm³/mol. The van der Waals surface area contributed by atoms with E-state index in [1.807, 2.05) is 25.7 Å². The molecule has 2 aliphatic rings. The first kappa shape index (κ1) is 18.0. The van der Waals surface area contributed by atoms with Crippen LogP contribution in [0.15, 0.2) is 0 Å². The fourth-order valence-electron chi connectivity index (χ4n) is 3.68. The Balaban J connectivity index is 1.74. The van der Waals surface area contributed by atoms with E-state index in [-0.39, 0.29) is 12.0 Å². The molecule has 2 rings (SSSR count). The summed E-state index contributed by atoms with van der Waals surface area (Å²) in [6, 6.07) is 0. The van der Waals surface area contributed by atoms with Gasteiger partial charge in [-0.3, -0.25) is 9.63 Å². The average molecular weight is 326 g/mol. The Kier molecular flexibility index (Phi) is 5.23.